The third kappa shape index (κ3) is 2.10. The zero-order valence-electron chi connectivity index (χ0n) is 7.38. The maximum atomic E-state index is 12.4. The van der Waals surface area contributed by atoms with Crippen LogP contribution in [0.1, 0.15) is 33.6 Å². The van der Waals surface area contributed by atoms with Crippen LogP contribution in [-0.2, 0) is 5.88 Å². The van der Waals surface area contributed by atoms with Gasteiger partial charge in [-0.1, -0.05) is 0 Å². The van der Waals surface area contributed by atoms with Crippen molar-refractivity contribution >= 4 is 17.9 Å². The SMILES string of the molecule is N#Cc1cnc(C(F)F)c(CCl)c1C=O. The first-order valence-electron chi connectivity index (χ1n) is 3.86. The van der Waals surface area contributed by atoms with Gasteiger partial charge in [0.2, 0.25) is 0 Å². The van der Waals surface area contributed by atoms with Gasteiger partial charge in [-0.15, -0.1) is 11.6 Å². The van der Waals surface area contributed by atoms with E-state index in [2.05, 4.69) is 4.98 Å². The predicted molar refractivity (Wildman–Crippen MR) is 48.9 cm³/mol. The van der Waals surface area contributed by atoms with Gasteiger partial charge in [-0.25, -0.2) is 8.78 Å². The summed E-state index contributed by atoms with van der Waals surface area (Å²) in [6, 6.07) is 1.69. The molecule has 1 heterocycles. The average Bonchev–Trinajstić information content (AvgIpc) is 2.26. The predicted octanol–water partition coefficient (Wildman–Crippen LogP) is 2.44. The van der Waals surface area contributed by atoms with Crippen molar-refractivity contribution in [2.24, 2.45) is 0 Å². The smallest absolute Gasteiger partial charge is 0.280 e. The lowest BCUT2D eigenvalue weighted by Crippen LogP contribution is -2.04. The number of alkyl halides is 3. The van der Waals surface area contributed by atoms with Gasteiger partial charge in [-0.05, 0) is 0 Å². The molecule has 6 heteroatoms. The highest BCUT2D eigenvalue weighted by molar-refractivity contribution is 6.17. The largest absolute Gasteiger partial charge is 0.298 e. The van der Waals surface area contributed by atoms with Crippen LogP contribution in [0.4, 0.5) is 8.78 Å². The molecule has 0 spiro atoms. The summed E-state index contributed by atoms with van der Waals surface area (Å²) in [6.45, 7) is 0. The topological polar surface area (TPSA) is 53.8 Å². The summed E-state index contributed by atoms with van der Waals surface area (Å²) in [5.74, 6) is -0.281. The van der Waals surface area contributed by atoms with E-state index < -0.39 is 12.1 Å². The van der Waals surface area contributed by atoms with Gasteiger partial charge in [-0.2, -0.15) is 5.26 Å². The lowest BCUT2D eigenvalue weighted by atomic mass is 10.0. The molecule has 1 aromatic heterocycles. The molecular formula is C9H5ClF2N2O. The van der Waals surface area contributed by atoms with E-state index in [0.717, 1.165) is 6.20 Å². The molecule has 78 valence electrons. The fourth-order valence-electron chi connectivity index (χ4n) is 1.13. The van der Waals surface area contributed by atoms with Crippen molar-refractivity contribution in [1.82, 2.24) is 4.98 Å². The monoisotopic (exact) mass is 230 g/mol. The summed E-state index contributed by atoms with van der Waals surface area (Å²) in [4.78, 5) is 14.1. The van der Waals surface area contributed by atoms with Gasteiger partial charge < -0.3 is 0 Å². The fourth-order valence-corrected chi connectivity index (χ4v) is 1.42. The molecule has 15 heavy (non-hydrogen) atoms. The van der Waals surface area contributed by atoms with Gasteiger partial charge in [-0.3, -0.25) is 9.78 Å². The normalized spacial score (nSPS) is 10.1. The molecule has 0 fully saturated rings. The van der Waals surface area contributed by atoms with Crippen molar-refractivity contribution in [3.05, 3.63) is 28.6 Å². The molecule has 3 nitrogen and oxygen atoms in total. The van der Waals surface area contributed by atoms with E-state index in [1.807, 2.05) is 0 Å². The second-order valence-corrected chi connectivity index (χ2v) is 2.88. The highest BCUT2D eigenvalue weighted by atomic mass is 35.5. The maximum absolute atomic E-state index is 12.4. The first kappa shape index (κ1) is 11.5. The van der Waals surface area contributed by atoms with Gasteiger partial charge in [0.1, 0.15) is 11.8 Å². The molecule has 0 atom stereocenters. The first-order chi connectivity index (χ1) is 7.15. The second-order valence-electron chi connectivity index (χ2n) is 2.61. The van der Waals surface area contributed by atoms with Crippen molar-refractivity contribution < 1.29 is 13.6 Å². The van der Waals surface area contributed by atoms with Crippen LogP contribution in [0.5, 0.6) is 0 Å². The van der Waals surface area contributed by atoms with Crippen LogP contribution in [0, 0.1) is 11.3 Å². The number of rotatable bonds is 3. The van der Waals surface area contributed by atoms with Gasteiger partial charge in [0.05, 0.1) is 11.4 Å². The van der Waals surface area contributed by atoms with Gasteiger partial charge in [0.15, 0.2) is 6.29 Å². The molecular weight excluding hydrogens is 226 g/mol. The minimum Gasteiger partial charge on any atom is -0.298 e. The molecule has 0 aliphatic heterocycles. The number of aldehydes is 1. The number of hydrogen-bond acceptors (Lipinski definition) is 3. The number of halogens is 3. The molecule has 0 aliphatic rings. The first-order valence-corrected chi connectivity index (χ1v) is 4.40. The van der Waals surface area contributed by atoms with Gasteiger partial charge >= 0.3 is 0 Å². The van der Waals surface area contributed by atoms with Crippen molar-refractivity contribution in [2.45, 2.75) is 12.3 Å². The number of carbonyl (C=O) groups excluding carboxylic acids is 1. The minimum atomic E-state index is -2.81. The van der Waals surface area contributed by atoms with E-state index in [0.29, 0.717) is 6.29 Å². The number of nitriles is 1. The zero-order chi connectivity index (χ0) is 11.4. The Labute approximate surface area is 89.3 Å². The van der Waals surface area contributed by atoms with Crippen molar-refractivity contribution in [1.29, 1.82) is 5.26 Å². The van der Waals surface area contributed by atoms with Crippen LogP contribution in [-0.4, -0.2) is 11.3 Å². The summed E-state index contributed by atoms with van der Waals surface area (Å²) in [5.41, 5.74) is -0.797. The van der Waals surface area contributed by atoms with Crippen LogP contribution >= 0.6 is 11.6 Å². The van der Waals surface area contributed by atoms with E-state index >= 15 is 0 Å². The fraction of sp³-hybridized carbons (Fsp3) is 0.222. The summed E-state index contributed by atoms with van der Waals surface area (Å²) in [6.07, 6.45) is -1.53. The summed E-state index contributed by atoms with van der Waals surface area (Å²) >= 11 is 5.45. The number of nitrogens with zero attached hydrogens (tertiary/aromatic N) is 2. The molecule has 0 aromatic carbocycles. The summed E-state index contributed by atoms with van der Waals surface area (Å²) in [7, 11) is 0. The lowest BCUT2D eigenvalue weighted by molar-refractivity contribution is 0.112. The Morgan fingerprint density at radius 2 is 2.33 bits per heavy atom. The second kappa shape index (κ2) is 4.80. The Balaban J connectivity index is 3.49. The zero-order valence-corrected chi connectivity index (χ0v) is 8.13. The van der Waals surface area contributed by atoms with E-state index in [1.54, 1.807) is 6.07 Å². The quantitative estimate of drug-likeness (QED) is 0.592. The van der Waals surface area contributed by atoms with Gasteiger partial charge in [0, 0.05) is 17.3 Å². The summed E-state index contributed by atoms with van der Waals surface area (Å²) < 4.78 is 24.9. The van der Waals surface area contributed by atoms with Crippen LogP contribution in [0.2, 0.25) is 0 Å². The third-order valence-corrected chi connectivity index (χ3v) is 2.10. The highest BCUT2D eigenvalue weighted by Crippen LogP contribution is 2.25. The average molecular weight is 231 g/mol. The molecule has 0 unspecified atom stereocenters. The Bertz CT molecular complexity index is 429. The molecule has 1 aromatic rings. The number of aromatic nitrogens is 1. The Hall–Kier alpha value is -1.54. The molecule has 0 aliphatic carbocycles. The van der Waals surface area contributed by atoms with E-state index in [9.17, 15) is 13.6 Å². The number of carbonyl (C=O) groups is 1. The Morgan fingerprint density at radius 1 is 1.67 bits per heavy atom. The molecule has 0 radical (unpaired) electrons. The number of hydrogen-bond donors (Lipinski definition) is 0. The van der Waals surface area contributed by atoms with Gasteiger partial charge in [0.25, 0.3) is 6.43 Å². The molecule has 0 saturated carbocycles. The van der Waals surface area contributed by atoms with E-state index in [1.165, 1.54) is 0 Å². The lowest BCUT2D eigenvalue weighted by Gasteiger charge is -2.08. The highest BCUT2D eigenvalue weighted by Gasteiger charge is 2.19. The van der Waals surface area contributed by atoms with Crippen LogP contribution in [0.15, 0.2) is 6.20 Å². The standard InChI is InChI=1S/C9H5ClF2N2O/c10-1-6-7(4-15)5(2-13)3-14-8(6)9(11)12/h3-4,9H,1H2. The van der Waals surface area contributed by atoms with Crippen LogP contribution < -0.4 is 0 Å². The third-order valence-electron chi connectivity index (χ3n) is 1.84. The van der Waals surface area contributed by atoms with Crippen LogP contribution in [0.3, 0.4) is 0 Å². The van der Waals surface area contributed by atoms with Crippen molar-refractivity contribution in [3.63, 3.8) is 0 Å². The van der Waals surface area contributed by atoms with Crippen LogP contribution in [0.25, 0.3) is 0 Å². The number of pyridine rings is 1. The molecule has 0 bridgehead atoms. The molecule has 0 saturated heterocycles. The maximum Gasteiger partial charge on any atom is 0.280 e. The minimum absolute atomic E-state index is 0.0509. The van der Waals surface area contributed by atoms with E-state index in [4.69, 9.17) is 16.9 Å². The summed E-state index contributed by atoms with van der Waals surface area (Å²) in [5, 5.41) is 8.62. The van der Waals surface area contributed by atoms with E-state index in [-0.39, 0.29) is 22.6 Å². The Morgan fingerprint density at radius 3 is 2.73 bits per heavy atom. The molecule has 0 N–H and O–H groups in total. The van der Waals surface area contributed by atoms with Crippen molar-refractivity contribution in [3.8, 4) is 6.07 Å². The van der Waals surface area contributed by atoms with Crippen molar-refractivity contribution in [2.75, 3.05) is 0 Å². The Kier molecular flexibility index (Phi) is 3.69. The molecule has 0 amide bonds. The molecule has 1 rings (SSSR count).